The van der Waals surface area contributed by atoms with Gasteiger partial charge in [0.2, 0.25) is 5.88 Å². The lowest BCUT2D eigenvalue weighted by Gasteiger charge is -2.06. The normalized spacial score (nSPS) is 9.83. The van der Waals surface area contributed by atoms with Crippen molar-refractivity contribution < 1.29 is 4.74 Å². The predicted octanol–water partition coefficient (Wildman–Crippen LogP) is 3.84. The molecule has 0 fully saturated rings. The van der Waals surface area contributed by atoms with Crippen LogP contribution in [0.5, 0.6) is 5.88 Å². The predicted molar refractivity (Wildman–Crippen MR) is 69.7 cm³/mol. The molecular formula is C13H8Cl2N2O. The van der Waals surface area contributed by atoms with Crippen LogP contribution in [0.4, 0.5) is 0 Å². The van der Waals surface area contributed by atoms with Crippen LogP contribution in [-0.2, 0) is 6.61 Å². The van der Waals surface area contributed by atoms with Crippen molar-refractivity contribution in [2.24, 2.45) is 0 Å². The lowest BCUT2D eigenvalue weighted by Crippen LogP contribution is -1.97. The number of halogens is 2. The lowest BCUT2D eigenvalue weighted by molar-refractivity contribution is 0.294. The smallest absolute Gasteiger partial charge is 0.216 e. The Morgan fingerprint density at radius 3 is 2.56 bits per heavy atom. The number of hydrogen-bond acceptors (Lipinski definition) is 3. The Morgan fingerprint density at radius 1 is 1.17 bits per heavy atom. The average molecular weight is 279 g/mol. The van der Waals surface area contributed by atoms with Gasteiger partial charge in [0.25, 0.3) is 0 Å². The van der Waals surface area contributed by atoms with Gasteiger partial charge in [0.15, 0.2) is 0 Å². The molecule has 18 heavy (non-hydrogen) atoms. The Hall–Kier alpha value is -1.76. The van der Waals surface area contributed by atoms with Gasteiger partial charge in [-0.1, -0.05) is 35.3 Å². The molecule has 3 nitrogen and oxygen atoms in total. The first-order chi connectivity index (χ1) is 8.67. The van der Waals surface area contributed by atoms with Gasteiger partial charge >= 0.3 is 0 Å². The molecule has 0 atom stereocenters. The molecule has 0 saturated heterocycles. The fourth-order valence-corrected chi connectivity index (χ4v) is 1.68. The van der Waals surface area contributed by atoms with E-state index >= 15 is 0 Å². The second-order valence-corrected chi connectivity index (χ2v) is 4.37. The largest absolute Gasteiger partial charge is 0.473 e. The molecular weight excluding hydrogens is 271 g/mol. The van der Waals surface area contributed by atoms with Gasteiger partial charge in [0.05, 0.1) is 11.6 Å². The quantitative estimate of drug-likeness (QED) is 0.802. The number of nitriles is 1. The first-order valence-corrected chi connectivity index (χ1v) is 5.88. The topological polar surface area (TPSA) is 45.9 Å². The van der Waals surface area contributed by atoms with E-state index in [0.29, 0.717) is 23.1 Å². The fraction of sp³-hybridized carbons (Fsp3) is 0.0769. The van der Waals surface area contributed by atoms with Crippen LogP contribution in [-0.4, -0.2) is 4.98 Å². The highest BCUT2D eigenvalue weighted by atomic mass is 35.5. The highest BCUT2D eigenvalue weighted by Crippen LogP contribution is 2.17. The highest BCUT2D eigenvalue weighted by molar-refractivity contribution is 6.30. The van der Waals surface area contributed by atoms with Gasteiger partial charge in [0, 0.05) is 11.1 Å². The van der Waals surface area contributed by atoms with E-state index in [2.05, 4.69) is 4.98 Å². The van der Waals surface area contributed by atoms with Crippen molar-refractivity contribution in [1.29, 1.82) is 5.26 Å². The zero-order valence-corrected chi connectivity index (χ0v) is 10.7. The summed E-state index contributed by atoms with van der Waals surface area (Å²) in [6, 6.07) is 12.3. The van der Waals surface area contributed by atoms with Gasteiger partial charge in [-0.2, -0.15) is 5.26 Å². The Morgan fingerprint density at radius 2 is 1.89 bits per heavy atom. The molecule has 0 amide bonds. The van der Waals surface area contributed by atoms with E-state index in [1.165, 1.54) is 6.07 Å². The van der Waals surface area contributed by atoms with Gasteiger partial charge in [-0.25, -0.2) is 4.98 Å². The van der Waals surface area contributed by atoms with E-state index in [-0.39, 0.29) is 5.15 Å². The number of nitrogens with zero attached hydrogens (tertiary/aromatic N) is 2. The van der Waals surface area contributed by atoms with Crippen molar-refractivity contribution in [3.63, 3.8) is 0 Å². The van der Waals surface area contributed by atoms with Crippen LogP contribution >= 0.6 is 23.2 Å². The molecule has 0 aliphatic heterocycles. The molecule has 1 aromatic carbocycles. The van der Waals surface area contributed by atoms with Crippen LogP contribution in [0.2, 0.25) is 10.2 Å². The maximum Gasteiger partial charge on any atom is 0.216 e. The maximum atomic E-state index is 8.80. The number of ether oxygens (including phenoxy) is 1. The Kier molecular flexibility index (Phi) is 4.03. The fourth-order valence-electron chi connectivity index (χ4n) is 1.35. The van der Waals surface area contributed by atoms with Gasteiger partial charge in [-0.05, 0) is 23.8 Å². The third-order valence-electron chi connectivity index (χ3n) is 2.20. The van der Waals surface area contributed by atoms with Crippen LogP contribution in [0.25, 0.3) is 0 Å². The van der Waals surface area contributed by atoms with E-state index in [9.17, 15) is 0 Å². The Bertz CT molecular complexity index is 591. The molecule has 0 aliphatic carbocycles. The van der Waals surface area contributed by atoms with Gasteiger partial charge in [0.1, 0.15) is 11.8 Å². The van der Waals surface area contributed by atoms with Crippen molar-refractivity contribution in [3.8, 4) is 11.9 Å². The first-order valence-electron chi connectivity index (χ1n) is 5.12. The van der Waals surface area contributed by atoms with E-state index in [1.807, 2.05) is 18.2 Å². The van der Waals surface area contributed by atoms with Gasteiger partial charge in [-0.15, -0.1) is 0 Å². The third kappa shape index (κ3) is 3.36. The minimum absolute atomic E-state index is 0.236. The third-order valence-corrected chi connectivity index (χ3v) is 2.65. The Labute approximate surface area is 115 Å². The molecule has 1 heterocycles. The number of aromatic nitrogens is 1. The lowest BCUT2D eigenvalue weighted by atomic mass is 10.2. The second-order valence-electron chi connectivity index (χ2n) is 3.54. The van der Waals surface area contributed by atoms with Crippen molar-refractivity contribution in [2.75, 3.05) is 0 Å². The molecule has 90 valence electrons. The van der Waals surface area contributed by atoms with Crippen LogP contribution in [0.3, 0.4) is 0 Å². The molecule has 0 unspecified atom stereocenters. The summed E-state index contributed by atoms with van der Waals surface area (Å²) in [7, 11) is 0. The summed E-state index contributed by atoms with van der Waals surface area (Å²) in [6.45, 7) is 0.343. The summed E-state index contributed by atoms with van der Waals surface area (Å²) in [5.74, 6) is 0.328. The van der Waals surface area contributed by atoms with E-state index in [1.54, 1.807) is 18.2 Å². The molecule has 2 aromatic rings. The summed E-state index contributed by atoms with van der Waals surface area (Å²) in [6.07, 6.45) is 0. The number of pyridine rings is 1. The van der Waals surface area contributed by atoms with Crippen molar-refractivity contribution in [2.45, 2.75) is 6.61 Å². The first kappa shape index (κ1) is 12.7. The molecule has 0 aliphatic rings. The summed E-state index contributed by atoms with van der Waals surface area (Å²) in [4.78, 5) is 3.98. The van der Waals surface area contributed by atoms with Crippen LogP contribution in [0.15, 0.2) is 36.4 Å². The van der Waals surface area contributed by atoms with Crippen LogP contribution in [0, 0.1) is 11.3 Å². The minimum Gasteiger partial charge on any atom is -0.473 e. The maximum absolute atomic E-state index is 8.80. The minimum atomic E-state index is 0.236. The van der Waals surface area contributed by atoms with Crippen LogP contribution < -0.4 is 4.74 Å². The van der Waals surface area contributed by atoms with Crippen LogP contribution in [0.1, 0.15) is 11.1 Å². The molecule has 1 aromatic heterocycles. The standard InChI is InChI=1S/C13H8Cl2N2O/c14-11-3-1-9(2-4-11)8-18-13-6-10(7-16)5-12(15)17-13/h1-6H,8H2. The van der Waals surface area contributed by atoms with Crippen molar-refractivity contribution in [3.05, 3.63) is 57.7 Å². The Balaban J connectivity index is 2.08. The summed E-state index contributed by atoms with van der Waals surface area (Å²) < 4.78 is 5.47. The molecule has 0 bridgehead atoms. The molecule has 0 saturated carbocycles. The van der Waals surface area contributed by atoms with E-state index in [4.69, 9.17) is 33.2 Å². The molecule has 5 heteroatoms. The molecule has 2 rings (SSSR count). The van der Waals surface area contributed by atoms with Gasteiger partial charge in [-0.3, -0.25) is 0 Å². The second kappa shape index (κ2) is 5.72. The number of benzene rings is 1. The number of hydrogen-bond donors (Lipinski definition) is 0. The van der Waals surface area contributed by atoms with Crippen molar-refractivity contribution >= 4 is 23.2 Å². The molecule has 0 N–H and O–H groups in total. The summed E-state index contributed by atoms with van der Waals surface area (Å²) in [5.41, 5.74) is 1.38. The van der Waals surface area contributed by atoms with E-state index in [0.717, 1.165) is 5.56 Å². The molecule has 0 radical (unpaired) electrons. The summed E-state index contributed by atoms with van der Waals surface area (Å²) >= 11 is 11.6. The zero-order chi connectivity index (χ0) is 13.0. The summed E-state index contributed by atoms with van der Waals surface area (Å²) in [5, 5.41) is 9.70. The van der Waals surface area contributed by atoms with E-state index < -0.39 is 0 Å². The molecule has 0 spiro atoms. The monoisotopic (exact) mass is 278 g/mol. The average Bonchev–Trinajstić information content (AvgIpc) is 2.37. The van der Waals surface area contributed by atoms with Gasteiger partial charge < -0.3 is 4.74 Å². The zero-order valence-electron chi connectivity index (χ0n) is 9.23. The number of rotatable bonds is 3. The highest BCUT2D eigenvalue weighted by Gasteiger charge is 2.02. The SMILES string of the molecule is N#Cc1cc(Cl)nc(OCc2ccc(Cl)cc2)c1. The van der Waals surface area contributed by atoms with Crippen molar-refractivity contribution in [1.82, 2.24) is 4.98 Å².